The summed E-state index contributed by atoms with van der Waals surface area (Å²) in [4.78, 5) is 22.1. The number of carboxylic acids is 1. The van der Waals surface area contributed by atoms with Crippen LogP contribution in [0.5, 0.6) is 5.75 Å². The summed E-state index contributed by atoms with van der Waals surface area (Å²) in [5.41, 5.74) is 1.04. The van der Waals surface area contributed by atoms with E-state index in [0.717, 1.165) is 58.5 Å². The standard InChI is InChI=1S/C27H28ClN3O3S/c1-2-34-21-12-9-17(13-20(21)28)15-29-26-24-19-5-3-4-6-22(19)35-27(24)31-25(30-26)18-10-7-16(8-11-18)14-23(32)33/h3-6,9,12-13,16,18H,2,7-8,10-11,14-15H2,1H3,(H,32,33)(H,29,30,31). The largest absolute Gasteiger partial charge is 0.492 e. The van der Waals surface area contributed by atoms with Crippen LogP contribution in [0.25, 0.3) is 20.3 Å². The molecule has 0 atom stereocenters. The van der Waals surface area contributed by atoms with Gasteiger partial charge in [-0.3, -0.25) is 4.79 Å². The van der Waals surface area contributed by atoms with E-state index in [4.69, 9.17) is 31.4 Å². The molecule has 0 saturated heterocycles. The molecule has 6 nitrogen and oxygen atoms in total. The Morgan fingerprint density at radius 2 is 1.97 bits per heavy atom. The van der Waals surface area contributed by atoms with Crippen molar-refractivity contribution in [1.82, 2.24) is 9.97 Å². The molecule has 0 bridgehead atoms. The fourth-order valence-corrected chi connectivity index (χ4v) is 6.28. The van der Waals surface area contributed by atoms with E-state index in [2.05, 4.69) is 17.4 Å². The molecule has 1 saturated carbocycles. The predicted octanol–water partition coefficient (Wildman–Crippen LogP) is 7.26. The first kappa shape index (κ1) is 23.8. The van der Waals surface area contributed by atoms with Crippen LogP contribution in [-0.2, 0) is 11.3 Å². The molecule has 182 valence electrons. The highest BCUT2D eigenvalue weighted by molar-refractivity contribution is 7.25. The van der Waals surface area contributed by atoms with Crippen molar-refractivity contribution in [2.75, 3.05) is 11.9 Å². The van der Waals surface area contributed by atoms with Crippen molar-refractivity contribution in [2.24, 2.45) is 5.92 Å². The summed E-state index contributed by atoms with van der Waals surface area (Å²) in [5.74, 6) is 2.16. The van der Waals surface area contributed by atoms with E-state index in [-0.39, 0.29) is 18.3 Å². The molecule has 2 aromatic carbocycles. The number of hydrogen-bond acceptors (Lipinski definition) is 6. The minimum absolute atomic E-state index is 0.245. The molecule has 2 N–H and O–H groups in total. The number of benzene rings is 2. The van der Waals surface area contributed by atoms with Crippen LogP contribution in [-0.4, -0.2) is 27.7 Å². The smallest absolute Gasteiger partial charge is 0.303 e. The zero-order valence-corrected chi connectivity index (χ0v) is 21.2. The second-order valence-electron chi connectivity index (χ2n) is 9.08. The van der Waals surface area contributed by atoms with Crippen molar-refractivity contribution < 1.29 is 14.6 Å². The Bertz CT molecular complexity index is 1360. The second kappa shape index (κ2) is 10.4. The van der Waals surface area contributed by atoms with Gasteiger partial charge in [0.2, 0.25) is 0 Å². The van der Waals surface area contributed by atoms with Crippen LogP contribution in [0, 0.1) is 5.92 Å². The van der Waals surface area contributed by atoms with Crippen molar-refractivity contribution in [3.8, 4) is 5.75 Å². The van der Waals surface area contributed by atoms with Crippen molar-refractivity contribution in [2.45, 2.75) is 51.5 Å². The number of nitrogens with one attached hydrogen (secondary N) is 1. The van der Waals surface area contributed by atoms with E-state index in [9.17, 15) is 4.79 Å². The van der Waals surface area contributed by atoms with Gasteiger partial charge in [0.15, 0.2) is 0 Å². The summed E-state index contributed by atoms with van der Waals surface area (Å²) in [6, 6.07) is 14.2. The lowest BCUT2D eigenvalue weighted by molar-refractivity contribution is -0.138. The summed E-state index contributed by atoms with van der Waals surface area (Å²) in [6.07, 6.45) is 3.89. The van der Waals surface area contributed by atoms with Gasteiger partial charge in [-0.2, -0.15) is 0 Å². The molecule has 0 unspecified atom stereocenters. The van der Waals surface area contributed by atoms with Crippen LogP contribution in [0.1, 0.15) is 56.3 Å². The molecule has 0 amide bonds. The molecule has 1 fully saturated rings. The molecule has 35 heavy (non-hydrogen) atoms. The van der Waals surface area contributed by atoms with E-state index in [0.29, 0.717) is 23.9 Å². The average molecular weight is 510 g/mol. The number of ether oxygens (including phenoxy) is 1. The minimum atomic E-state index is -0.711. The third-order valence-corrected chi connectivity index (χ3v) is 8.05. The molecule has 0 spiro atoms. The molecule has 1 aliphatic rings. The monoisotopic (exact) mass is 509 g/mol. The van der Waals surface area contributed by atoms with Gasteiger partial charge in [-0.1, -0.05) is 35.9 Å². The summed E-state index contributed by atoms with van der Waals surface area (Å²) in [7, 11) is 0. The quantitative estimate of drug-likeness (QED) is 0.260. The van der Waals surface area contributed by atoms with Crippen LogP contribution >= 0.6 is 22.9 Å². The Morgan fingerprint density at radius 3 is 2.71 bits per heavy atom. The maximum absolute atomic E-state index is 11.1. The first-order valence-corrected chi connectivity index (χ1v) is 13.3. The number of carbonyl (C=O) groups is 1. The fourth-order valence-electron chi connectivity index (χ4n) is 4.93. The van der Waals surface area contributed by atoms with Gasteiger partial charge >= 0.3 is 5.97 Å². The number of aromatic nitrogens is 2. The Labute approximate surface area is 213 Å². The molecular formula is C27H28ClN3O3S. The lowest BCUT2D eigenvalue weighted by atomic mass is 9.80. The van der Waals surface area contributed by atoms with Crippen molar-refractivity contribution in [1.29, 1.82) is 0 Å². The zero-order valence-electron chi connectivity index (χ0n) is 19.6. The third-order valence-electron chi connectivity index (χ3n) is 6.69. The summed E-state index contributed by atoms with van der Waals surface area (Å²) >= 11 is 8.09. The van der Waals surface area contributed by atoms with E-state index >= 15 is 0 Å². The molecule has 1 aliphatic carbocycles. The van der Waals surface area contributed by atoms with Crippen molar-refractivity contribution >= 4 is 55.0 Å². The molecule has 5 rings (SSSR count). The van der Waals surface area contributed by atoms with Crippen molar-refractivity contribution in [3.63, 3.8) is 0 Å². The van der Waals surface area contributed by atoms with Gasteiger partial charge in [0, 0.05) is 29.0 Å². The van der Waals surface area contributed by atoms with Crippen LogP contribution in [0.2, 0.25) is 5.02 Å². The zero-order chi connectivity index (χ0) is 24.4. The molecule has 4 aromatic rings. The van der Waals surface area contributed by atoms with Gasteiger partial charge in [0.25, 0.3) is 0 Å². The molecule has 0 aliphatic heterocycles. The number of aliphatic carboxylic acids is 1. The predicted molar refractivity (Wildman–Crippen MR) is 142 cm³/mol. The van der Waals surface area contributed by atoms with Gasteiger partial charge in [-0.05, 0) is 62.3 Å². The molecule has 2 aromatic heterocycles. The number of halogens is 1. The number of rotatable bonds is 8. The highest BCUT2D eigenvalue weighted by atomic mass is 35.5. The number of hydrogen-bond donors (Lipinski definition) is 2. The lowest BCUT2D eigenvalue weighted by Crippen LogP contribution is -2.18. The Hall–Kier alpha value is -2.90. The second-order valence-corrected chi connectivity index (χ2v) is 10.5. The van der Waals surface area contributed by atoms with Crippen molar-refractivity contribution in [3.05, 3.63) is 58.9 Å². The van der Waals surface area contributed by atoms with Gasteiger partial charge in [-0.15, -0.1) is 11.3 Å². The number of anilines is 1. The third kappa shape index (κ3) is 5.21. The average Bonchev–Trinajstić information content (AvgIpc) is 3.23. The highest BCUT2D eigenvalue weighted by Crippen LogP contribution is 2.40. The van der Waals surface area contributed by atoms with Gasteiger partial charge in [0.1, 0.15) is 22.2 Å². The molecule has 8 heteroatoms. The van der Waals surface area contributed by atoms with Crippen LogP contribution in [0.15, 0.2) is 42.5 Å². The SMILES string of the molecule is CCOc1ccc(CNc2nc(C3CCC(CC(=O)O)CC3)nc3sc4ccccc4c23)cc1Cl. The molecular weight excluding hydrogens is 482 g/mol. The minimum Gasteiger partial charge on any atom is -0.492 e. The van der Waals surface area contributed by atoms with Gasteiger partial charge in [-0.25, -0.2) is 9.97 Å². The number of nitrogens with zero attached hydrogens (tertiary/aromatic N) is 2. The van der Waals surface area contributed by atoms with Gasteiger partial charge < -0.3 is 15.2 Å². The highest BCUT2D eigenvalue weighted by Gasteiger charge is 2.27. The Balaban J connectivity index is 1.45. The first-order chi connectivity index (χ1) is 17.0. The maximum atomic E-state index is 11.1. The van der Waals surface area contributed by atoms with E-state index in [1.54, 1.807) is 11.3 Å². The lowest BCUT2D eigenvalue weighted by Gasteiger charge is -2.27. The van der Waals surface area contributed by atoms with Gasteiger partial charge in [0.05, 0.1) is 17.0 Å². The number of thiophene rings is 1. The summed E-state index contributed by atoms with van der Waals surface area (Å²) in [6.45, 7) is 3.09. The maximum Gasteiger partial charge on any atom is 0.303 e. The summed E-state index contributed by atoms with van der Waals surface area (Å²) < 4.78 is 6.74. The summed E-state index contributed by atoms with van der Waals surface area (Å²) in [5, 5.41) is 15.5. The Morgan fingerprint density at radius 1 is 1.17 bits per heavy atom. The van der Waals surface area contributed by atoms with E-state index in [1.807, 2.05) is 37.3 Å². The van der Waals surface area contributed by atoms with Crippen LogP contribution in [0.3, 0.4) is 0 Å². The first-order valence-electron chi connectivity index (χ1n) is 12.1. The number of fused-ring (bicyclic) bond motifs is 3. The molecule has 0 radical (unpaired) electrons. The number of carboxylic acid groups (broad SMARTS) is 1. The topological polar surface area (TPSA) is 84.3 Å². The molecule has 2 heterocycles. The fraction of sp³-hybridized carbons (Fsp3) is 0.370. The normalized spacial score (nSPS) is 18.1. The van der Waals surface area contributed by atoms with Crippen LogP contribution in [0.4, 0.5) is 5.82 Å². The van der Waals surface area contributed by atoms with E-state index in [1.165, 1.54) is 4.70 Å². The van der Waals surface area contributed by atoms with E-state index < -0.39 is 5.97 Å². The Kier molecular flexibility index (Phi) is 7.07. The van der Waals surface area contributed by atoms with Crippen LogP contribution < -0.4 is 10.1 Å².